The lowest BCUT2D eigenvalue weighted by molar-refractivity contribution is 0.0589. The molecule has 2 saturated carbocycles. The van der Waals surface area contributed by atoms with E-state index in [-0.39, 0.29) is 5.91 Å². The molecule has 0 bridgehead atoms. The van der Waals surface area contributed by atoms with Crippen molar-refractivity contribution in [3.8, 4) is 0 Å². The van der Waals surface area contributed by atoms with Gasteiger partial charge in [0.25, 0.3) is 5.91 Å². The molecule has 2 aliphatic rings. The van der Waals surface area contributed by atoms with E-state index in [2.05, 4.69) is 18.7 Å². The summed E-state index contributed by atoms with van der Waals surface area (Å²) in [6.07, 6.45) is 11.6. The first-order valence-corrected chi connectivity index (χ1v) is 12.8. The summed E-state index contributed by atoms with van der Waals surface area (Å²) in [4.78, 5) is 32.8. The van der Waals surface area contributed by atoms with Crippen molar-refractivity contribution in [1.29, 1.82) is 0 Å². The van der Waals surface area contributed by atoms with E-state index in [1.165, 1.54) is 52.1 Å². The molecular formula is C28H38N2O3. The molecule has 5 heteroatoms. The summed E-state index contributed by atoms with van der Waals surface area (Å²) in [5.41, 5.74) is 2.00. The molecule has 0 spiro atoms. The van der Waals surface area contributed by atoms with Gasteiger partial charge in [0, 0.05) is 29.2 Å². The lowest BCUT2D eigenvalue weighted by Crippen LogP contribution is -2.43. The number of benzene rings is 1. The highest BCUT2D eigenvalue weighted by Gasteiger charge is 2.27. The first-order chi connectivity index (χ1) is 16.0. The topological polar surface area (TPSA) is 59.5 Å². The summed E-state index contributed by atoms with van der Waals surface area (Å²) in [7, 11) is 1.39. The molecule has 0 aliphatic heterocycles. The van der Waals surface area contributed by atoms with Crippen LogP contribution >= 0.6 is 0 Å². The molecular weight excluding hydrogens is 412 g/mol. The fraction of sp³-hybridized carbons (Fsp3) is 0.607. The Morgan fingerprint density at radius 3 is 2.39 bits per heavy atom. The minimum Gasteiger partial charge on any atom is -0.464 e. The van der Waals surface area contributed by atoms with Gasteiger partial charge in [-0.3, -0.25) is 4.79 Å². The van der Waals surface area contributed by atoms with E-state index in [4.69, 9.17) is 9.72 Å². The Hall–Kier alpha value is -2.43. The van der Waals surface area contributed by atoms with Gasteiger partial charge in [-0.25, -0.2) is 9.78 Å². The SMILES string of the molecule is COC(=O)c1cc2ccc(C(=O)N(CC(C)C)C3CCCCC3)cc2c(CC2CCCC2)n1. The third kappa shape index (κ3) is 5.56. The van der Waals surface area contributed by atoms with Gasteiger partial charge in [-0.1, -0.05) is 64.9 Å². The van der Waals surface area contributed by atoms with Gasteiger partial charge >= 0.3 is 5.97 Å². The van der Waals surface area contributed by atoms with Crippen molar-refractivity contribution in [2.45, 2.75) is 84.1 Å². The number of fused-ring (bicyclic) bond motifs is 1. The van der Waals surface area contributed by atoms with Gasteiger partial charge in [-0.15, -0.1) is 0 Å². The first-order valence-electron chi connectivity index (χ1n) is 12.8. The summed E-state index contributed by atoms with van der Waals surface area (Å²) in [5, 5.41) is 1.94. The van der Waals surface area contributed by atoms with Gasteiger partial charge in [0.1, 0.15) is 5.69 Å². The van der Waals surface area contributed by atoms with Crippen LogP contribution in [-0.2, 0) is 11.2 Å². The first kappa shape index (κ1) is 23.7. The summed E-state index contributed by atoms with van der Waals surface area (Å²) >= 11 is 0. The highest BCUT2D eigenvalue weighted by atomic mass is 16.5. The maximum atomic E-state index is 13.7. The number of amides is 1. The maximum absolute atomic E-state index is 13.7. The molecule has 0 saturated heterocycles. The number of pyridine rings is 1. The molecule has 2 fully saturated rings. The van der Waals surface area contributed by atoms with E-state index >= 15 is 0 Å². The molecule has 1 heterocycles. The van der Waals surface area contributed by atoms with E-state index in [1.54, 1.807) is 6.07 Å². The molecule has 2 aliphatic carbocycles. The minimum atomic E-state index is -0.412. The average Bonchev–Trinajstić information content (AvgIpc) is 3.34. The van der Waals surface area contributed by atoms with Crippen molar-refractivity contribution in [3.63, 3.8) is 0 Å². The molecule has 0 radical (unpaired) electrons. The lowest BCUT2D eigenvalue weighted by atomic mass is 9.92. The normalized spacial score (nSPS) is 17.6. The van der Waals surface area contributed by atoms with Crippen LogP contribution in [0.25, 0.3) is 10.8 Å². The van der Waals surface area contributed by atoms with Crippen LogP contribution in [0.4, 0.5) is 0 Å². The highest BCUT2D eigenvalue weighted by molar-refractivity contribution is 6.01. The van der Waals surface area contributed by atoms with Gasteiger partial charge < -0.3 is 9.64 Å². The van der Waals surface area contributed by atoms with Crippen LogP contribution in [0.3, 0.4) is 0 Å². The van der Waals surface area contributed by atoms with Gasteiger partial charge in [0.15, 0.2) is 0 Å². The molecule has 2 aromatic rings. The number of rotatable bonds is 7. The van der Waals surface area contributed by atoms with Crippen molar-refractivity contribution >= 4 is 22.6 Å². The summed E-state index contributed by atoms with van der Waals surface area (Å²) in [5.74, 6) is 0.734. The number of carbonyl (C=O) groups excluding carboxylic acids is 2. The molecule has 178 valence electrons. The molecule has 1 aromatic carbocycles. The van der Waals surface area contributed by atoms with E-state index < -0.39 is 5.97 Å². The number of methoxy groups -OCH3 is 1. The predicted molar refractivity (Wildman–Crippen MR) is 131 cm³/mol. The Labute approximate surface area is 197 Å². The van der Waals surface area contributed by atoms with Crippen molar-refractivity contribution in [3.05, 3.63) is 41.2 Å². The third-order valence-electron chi connectivity index (χ3n) is 7.35. The van der Waals surface area contributed by atoms with Crippen LogP contribution < -0.4 is 0 Å². The molecule has 1 aromatic heterocycles. The summed E-state index contributed by atoms with van der Waals surface area (Å²) < 4.78 is 4.95. The molecule has 33 heavy (non-hydrogen) atoms. The van der Waals surface area contributed by atoms with Crippen LogP contribution in [0, 0.1) is 11.8 Å². The minimum absolute atomic E-state index is 0.126. The van der Waals surface area contributed by atoms with E-state index in [0.29, 0.717) is 23.6 Å². The predicted octanol–water partition coefficient (Wildman–Crippen LogP) is 6.19. The van der Waals surface area contributed by atoms with Crippen LogP contribution in [0.2, 0.25) is 0 Å². The second-order valence-corrected chi connectivity index (χ2v) is 10.4. The molecule has 1 amide bonds. The number of esters is 1. The molecule has 4 rings (SSSR count). The fourth-order valence-electron chi connectivity index (χ4n) is 5.65. The standard InChI is InChI=1S/C28H38N2O3/c1-19(2)18-30(23-11-5-4-6-12-23)27(31)22-14-13-21-17-26(28(32)33-3)29-25(24(21)16-22)15-20-9-7-8-10-20/h13-14,16-17,19-20,23H,4-12,15,18H2,1-3H3. The average molecular weight is 451 g/mol. The molecule has 5 nitrogen and oxygen atoms in total. The van der Waals surface area contributed by atoms with Crippen LogP contribution in [0.15, 0.2) is 24.3 Å². The van der Waals surface area contributed by atoms with Gasteiger partial charge in [0.05, 0.1) is 7.11 Å². The van der Waals surface area contributed by atoms with E-state index in [9.17, 15) is 9.59 Å². The summed E-state index contributed by atoms with van der Waals surface area (Å²) in [6, 6.07) is 8.04. The van der Waals surface area contributed by atoms with Crippen molar-refractivity contribution in [2.75, 3.05) is 13.7 Å². The van der Waals surface area contributed by atoms with E-state index in [0.717, 1.165) is 47.8 Å². The number of nitrogens with zero attached hydrogens (tertiary/aromatic N) is 2. The Morgan fingerprint density at radius 2 is 1.73 bits per heavy atom. The van der Waals surface area contributed by atoms with Crippen molar-refractivity contribution in [1.82, 2.24) is 9.88 Å². The number of ether oxygens (including phenoxy) is 1. The molecule has 0 N–H and O–H groups in total. The number of hydrogen-bond acceptors (Lipinski definition) is 4. The van der Waals surface area contributed by atoms with Crippen LogP contribution in [-0.4, -0.2) is 41.5 Å². The zero-order valence-corrected chi connectivity index (χ0v) is 20.4. The fourth-order valence-corrected chi connectivity index (χ4v) is 5.65. The van der Waals surface area contributed by atoms with Crippen LogP contribution in [0.5, 0.6) is 0 Å². The second-order valence-electron chi connectivity index (χ2n) is 10.4. The third-order valence-corrected chi connectivity index (χ3v) is 7.35. The second kappa shape index (κ2) is 10.7. The van der Waals surface area contributed by atoms with Crippen molar-refractivity contribution in [2.24, 2.45) is 11.8 Å². The van der Waals surface area contributed by atoms with E-state index in [1.807, 2.05) is 18.2 Å². The van der Waals surface area contributed by atoms with Gasteiger partial charge in [-0.05, 0) is 54.7 Å². The summed E-state index contributed by atoms with van der Waals surface area (Å²) in [6.45, 7) is 5.15. The monoisotopic (exact) mass is 450 g/mol. The zero-order chi connectivity index (χ0) is 23.4. The molecule has 0 unspecified atom stereocenters. The highest BCUT2D eigenvalue weighted by Crippen LogP contribution is 2.31. The number of hydrogen-bond donors (Lipinski definition) is 0. The van der Waals surface area contributed by atoms with Gasteiger partial charge in [0.2, 0.25) is 0 Å². The largest absolute Gasteiger partial charge is 0.464 e. The van der Waals surface area contributed by atoms with Crippen molar-refractivity contribution < 1.29 is 14.3 Å². The maximum Gasteiger partial charge on any atom is 0.356 e. The van der Waals surface area contributed by atoms with Gasteiger partial charge in [-0.2, -0.15) is 0 Å². The molecule has 0 atom stereocenters. The zero-order valence-electron chi connectivity index (χ0n) is 20.4. The number of aromatic nitrogens is 1. The quantitative estimate of drug-likeness (QED) is 0.472. The van der Waals surface area contributed by atoms with Crippen LogP contribution in [0.1, 0.15) is 98.2 Å². The Bertz CT molecular complexity index is 988. The smallest absolute Gasteiger partial charge is 0.356 e. The Morgan fingerprint density at radius 1 is 1.03 bits per heavy atom. The lowest BCUT2D eigenvalue weighted by Gasteiger charge is -2.35. The number of carbonyl (C=O) groups is 2. The Kier molecular flexibility index (Phi) is 7.67. The Balaban J connectivity index is 1.71.